The molecular formula is C14H8ClFN2O2. The molecular weight excluding hydrogens is 283 g/mol. The smallest absolute Gasteiger partial charge is 0.260 e. The zero-order valence-electron chi connectivity index (χ0n) is 10.1. The van der Waals surface area contributed by atoms with Crippen LogP contribution in [0.5, 0.6) is 0 Å². The van der Waals surface area contributed by atoms with Gasteiger partial charge in [0, 0.05) is 5.69 Å². The lowest BCUT2D eigenvalue weighted by molar-refractivity contribution is 0.102. The van der Waals surface area contributed by atoms with Gasteiger partial charge in [0.2, 0.25) is 0 Å². The van der Waals surface area contributed by atoms with Gasteiger partial charge in [-0.05, 0) is 30.3 Å². The Labute approximate surface area is 118 Å². The van der Waals surface area contributed by atoms with E-state index >= 15 is 0 Å². The minimum atomic E-state index is -0.669. The lowest BCUT2D eigenvalue weighted by atomic mass is 10.2. The highest BCUT2D eigenvalue weighted by molar-refractivity contribution is 6.34. The molecule has 0 aliphatic carbocycles. The Morgan fingerprint density at radius 1 is 1.30 bits per heavy atom. The maximum Gasteiger partial charge on any atom is 0.260 e. The summed E-state index contributed by atoms with van der Waals surface area (Å²) in [6, 6.07) is 9.02. The molecule has 0 aliphatic rings. The fourth-order valence-electron chi connectivity index (χ4n) is 1.84. The van der Waals surface area contributed by atoms with Crippen molar-refractivity contribution in [2.24, 2.45) is 0 Å². The number of benzene rings is 2. The standard InChI is InChI=1S/C14H8ClFN2O2/c15-9-2-1-3-10(16)13(9)14(19)18-8-4-5-12-11(6-8)17-7-20-12/h1-7H,(H,18,19). The number of hydrogen-bond acceptors (Lipinski definition) is 3. The predicted octanol–water partition coefficient (Wildman–Crippen LogP) is 3.87. The van der Waals surface area contributed by atoms with E-state index in [0.717, 1.165) is 0 Å². The highest BCUT2D eigenvalue weighted by atomic mass is 35.5. The number of aromatic nitrogens is 1. The third-order valence-electron chi connectivity index (χ3n) is 2.78. The quantitative estimate of drug-likeness (QED) is 0.779. The van der Waals surface area contributed by atoms with Crippen LogP contribution in [0.2, 0.25) is 5.02 Å². The van der Waals surface area contributed by atoms with Crippen LogP contribution in [0.3, 0.4) is 0 Å². The van der Waals surface area contributed by atoms with Crippen molar-refractivity contribution < 1.29 is 13.6 Å². The lowest BCUT2D eigenvalue weighted by Crippen LogP contribution is -2.14. The summed E-state index contributed by atoms with van der Waals surface area (Å²) in [5, 5.41) is 2.64. The molecule has 1 N–H and O–H groups in total. The fraction of sp³-hybridized carbons (Fsp3) is 0. The first-order chi connectivity index (χ1) is 9.65. The molecule has 1 aromatic heterocycles. The van der Waals surface area contributed by atoms with Gasteiger partial charge in [0.05, 0.1) is 10.6 Å². The Hall–Kier alpha value is -2.40. The molecule has 3 aromatic rings. The second-order valence-electron chi connectivity index (χ2n) is 4.09. The Bertz CT molecular complexity index is 780. The van der Waals surface area contributed by atoms with Crippen LogP contribution in [-0.2, 0) is 0 Å². The number of carbonyl (C=O) groups is 1. The molecule has 3 rings (SSSR count). The van der Waals surface area contributed by atoms with Crippen LogP contribution in [0.25, 0.3) is 11.1 Å². The van der Waals surface area contributed by atoms with Crippen molar-refractivity contribution in [1.82, 2.24) is 4.98 Å². The van der Waals surface area contributed by atoms with Crippen LogP contribution in [-0.4, -0.2) is 10.9 Å². The minimum absolute atomic E-state index is 0.0602. The van der Waals surface area contributed by atoms with E-state index in [1.807, 2.05) is 0 Å². The van der Waals surface area contributed by atoms with Crippen LogP contribution in [0.4, 0.5) is 10.1 Å². The number of nitrogens with zero attached hydrogens (tertiary/aromatic N) is 1. The number of hydrogen-bond donors (Lipinski definition) is 1. The zero-order valence-corrected chi connectivity index (χ0v) is 10.8. The number of oxazole rings is 1. The van der Waals surface area contributed by atoms with E-state index in [1.165, 1.54) is 24.6 Å². The zero-order chi connectivity index (χ0) is 14.1. The van der Waals surface area contributed by atoms with Gasteiger partial charge in [0.1, 0.15) is 11.3 Å². The average Bonchev–Trinajstić information content (AvgIpc) is 2.85. The third-order valence-corrected chi connectivity index (χ3v) is 3.09. The Balaban J connectivity index is 1.92. The Morgan fingerprint density at radius 3 is 2.95 bits per heavy atom. The van der Waals surface area contributed by atoms with Gasteiger partial charge in [-0.2, -0.15) is 0 Å². The first-order valence-electron chi connectivity index (χ1n) is 5.74. The molecule has 6 heteroatoms. The summed E-state index contributed by atoms with van der Waals surface area (Å²) in [4.78, 5) is 16.0. The first kappa shape index (κ1) is 12.6. The highest BCUT2D eigenvalue weighted by Crippen LogP contribution is 2.22. The lowest BCUT2D eigenvalue weighted by Gasteiger charge is -2.07. The molecule has 0 saturated carbocycles. The van der Waals surface area contributed by atoms with E-state index in [2.05, 4.69) is 10.3 Å². The summed E-state index contributed by atoms with van der Waals surface area (Å²) >= 11 is 5.84. The molecule has 0 unspecified atom stereocenters. The normalized spacial score (nSPS) is 10.7. The summed E-state index contributed by atoms with van der Waals surface area (Å²) in [6.45, 7) is 0. The third kappa shape index (κ3) is 2.23. The first-order valence-corrected chi connectivity index (χ1v) is 6.11. The molecule has 1 amide bonds. The monoisotopic (exact) mass is 290 g/mol. The maximum atomic E-state index is 13.6. The van der Waals surface area contributed by atoms with Gasteiger partial charge in [-0.25, -0.2) is 9.37 Å². The SMILES string of the molecule is O=C(Nc1ccc2ocnc2c1)c1c(F)cccc1Cl. The minimum Gasteiger partial charge on any atom is -0.443 e. The molecule has 0 fully saturated rings. The predicted molar refractivity (Wildman–Crippen MR) is 73.4 cm³/mol. The number of amides is 1. The van der Waals surface area contributed by atoms with Crippen molar-refractivity contribution >= 4 is 34.3 Å². The van der Waals surface area contributed by atoms with Crippen LogP contribution in [0.15, 0.2) is 47.2 Å². The number of anilines is 1. The van der Waals surface area contributed by atoms with Crippen LogP contribution in [0.1, 0.15) is 10.4 Å². The summed E-state index contributed by atoms with van der Waals surface area (Å²) in [7, 11) is 0. The number of rotatable bonds is 2. The number of fused-ring (bicyclic) bond motifs is 1. The van der Waals surface area contributed by atoms with E-state index < -0.39 is 11.7 Å². The van der Waals surface area contributed by atoms with Crippen molar-refractivity contribution in [2.75, 3.05) is 5.32 Å². The highest BCUT2D eigenvalue weighted by Gasteiger charge is 2.16. The molecule has 0 saturated heterocycles. The summed E-state index contributed by atoms with van der Waals surface area (Å²) < 4.78 is 18.7. The van der Waals surface area contributed by atoms with Crippen LogP contribution >= 0.6 is 11.6 Å². The summed E-state index contributed by atoms with van der Waals surface area (Å²) in [5.74, 6) is -1.28. The molecule has 0 bridgehead atoms. The topological polar surface area (TPSA) is 55.1 Å². The van der Waals surface area contributed by atoms with Crippen LogP contribution in [0, 0.1) is 5.82 Å². The largest absolute Gasteiger partial charge is 0.443 e. The Morgan fingerprint density at radius 2 is 2.15 bits per heavy atom. The van der Waals surface area contributed by atoms with Gasteiger partial charge in [0.15, 0.2) is 12.0 Å². The van der Waals surface area contributed by atoms with Crippen molar-refractivity contribution in [3.05, 3.63) is 59.2 Å². The number of carbonyl (C=O) groups excluding carboxylic acids is 1. The average molecular weight is 291 g/mol. The molecule has 0 spiro atoms. The summed E-state index contributed by atoms with van der Waals surface area (Å²) in [5.41, 5.74) is 1.50. The maximum absolute atomic E-state index is 13.6. The van der Waals surface area contributed by atoms with E-state index in [9.17, 15) is 9.18 Å². The van der Waals surface area contributed by atoms with Crippen molar-refractivity contribution in [1.29, 1.82) is 0 Å². The van der Waals surface area contributed by atoms with Gasteiger partial charge in [0.25, 0.3) is 5.91 Å². The molecule has 20 heavy (non-hydrogen) atoms. The molecule has 0 radical (unpaired) electrons. The number of nitrogens with one attached hydrogen (secondary N) is 1. The Kier molecular flexibility index (Phi) is 3.12. The molecule has 4 nitrogen and oxygen atoms in total. The van der Waals surface area contributed by atoms with Gasteiger partial charge in [-0.1, -0.05) is 17.7 Å². The van der Waals surface area contributed by atoms with Gasteiger partial charge in [-0.3, -0.25) is 4.79 Å². The van der Waals surface area contributed by atoms with E-state index in [4.69, 9.17) is 16.0 Å². The van der Waals surface area contributed by atoms with Crippen molar-refractivity contribution in [3.63, 3.8) is 0 Å². The summed E-state index contributed by atoms with van der Waals surface area (Å²) in [6.07, 6.45) is 1.31. The van der Waals surface area contributed by atoms with Crippen LogP contribution < -0.4 is 5.32 Å². The second-order valence-corrected chi connectivity index (χ2v) is 4.49. The van der Waals surface area contributed by atoms with E-state index in [-0.39, 0.29) is 10.6 Å². The number of halogens is 2. The molecule has 0 aliphatic heterocycles. The van der Waals surface area contributed by atoms with Gasteiger partial charge < -0.3 is 9.73 Å². The van der Waals surface area contributed by atoms with E-state index in [0.29, 0.717) is 16.8 Å². The van der Waals surface area contributed by atoms with Gasteiger partial charge >= 0.3 is 0 Å². The van der Waals surface area contributed by atoms with E-state index in [1.54, 1.807) is 18.2 Å². The van der Waals surface area contributed by atoms with Crippen molar-refractivity contribution in [2.45, 2.75) is 0 Å². The second kappa shape index (κ2) is 4.94. The molecule has 2 aromatic carbocycles. The van der Waals surface area contributed by atoms with Crippen molar-refractivity contribution in [3.8, 4) is 0 Å². The van der Waals surface area contributed by atoms with Gasteiger partial charge in [-0.15, -0.1) is 0 Å². The molecule has 1 heterocycles. The molecule has 100 valence electrons. The fourth-order valence-corrected chi connectivity index (χ4v) is 2.09. The molecule has 0 atom stereocenters.